The van der Waals surface area contributed by atoms with E-state index in [9.17, 15) is 4.39 Å². The molecule has 1 aromatic carbocycles. The molecule has 1 fully saturated rings. The second kappa shape index (κ2) is 7.04. The molecule has 3 unspecified atom stereocenters. The third-order valence-electron chi connectivity index (χ3n) is 4.31. The van der Waals surface area contributed by atoms with Crippen LogP contribution in [0.5, 0.6) is 0 Å². The first-order valence-corrected chi connectivity index (χ1v) is 7.67. The Morgan fingerprint density at radius 1 is 1.37 bits per heavy atom. The van der Waals surface area contributed by atoms with Crippen molar-refractivity contribution in [3.63, 3.8) is 0 Å². The first-order valence-electron chi connectivity index (χ1n) is 7.67. The number of hydrogen-bond donors (Lipinski definition) is 1. The van der Waals surface area contributed by atoms with E-state index in [0.29, 0.717) is 6.04 Å². The van der Waals surface area contributed by atoms with Gasteiger partial charge in [-0.3, -0.25) is 0 Å². The summed E-state index contributed by atoms with van der Waals surface area (Å²) < 4.78 is 13.3. The fraction of sp³-hybridized carbons (Fsp3) is 0.647. The molecule has 0 amide bonds. The van der Waals surface area contributed by atoms with Gasteiger partial charge < -0.3 is 5.32 Å². The molecule has 1 N–H and O–H groups in total. The SMILES string of the molecule is CCCNC(Cc1cccc(F)c1)C1CCC(C)C1. The highest BCUT2D eigenvalue weighted by Crippen LogP contribution is 2.33. The first kappa shape index (κ1) is 14.5. The summed E-state index contributed by atoms with van der Waals surface area (Å²) in [5, 5.41) is 3.68. The minimum atomic E-state index is -0.119. The molecule has 0 saturated heterocycles. The second-order valence-electron chi connectivity index (χ2n) is 6.07. The monoisotopic (exact) mass is 263 g/mol. The molecule has 3 atom stereocenters. The number of halogens is 1. The second-order valence-corrected chi connectivity index (χ2v) is 6.07. The van der Waals surface area contributed by atoms with Crippen LogP contribution in [0.3, 0.4) is 0 Å². The molecule has 1 aliphatic carbocycles. The smallest absolute Gasteiger partial charge is 0.123 e. The summed E-state index contributed by atoms with van der Waals surface area (Å²) in [6.45, 7) is 5.60. The quantitative estimate of drug-likeness (QED) is 0.812. The van der Waals surface area contributed by atoms with E-state index in [0.717, 1.165) is 36.8 Å². The summed E-state index contributed by atoms with van der Waals surface area (Å²) in [6.07, 6.45) is 6.09. The van der Waals surface area contributed by atoms with E-state index in [2.05, 4.69) is 19.2 Å². The van der Waals surface area contributed by atoms with Crippen molar-refractivity contribution < 1.29 is 4.39 Å². The van der Waals surface area contributed by atoms with E-state index in [1.807, 2.05) is 12.1 Å². The number of benzene rings is 1. The van der Waals surface area contributed by atoms with Crippen LogP contribution >= 0.6 is 0 Å². The van der Waals surface area contributed by atoms with Gasteiger partial charge in [-0.15, -0.1) is 0 Å². The van der Waals surface area contributed by atoms with Gasteiger partial charge in [-0.25, -0.2) is 4.39 Å². The maximum atomic E-state index is 13.3. The lowest BCUT2D eigenvalue weighted by Crippen LogP contribution is -2.37. The highest BCUT2D eigenvalue weighted by Gasteiger charge is 2.28. The van der Waals surface area contributed by atoms with Gasteiger partial charge in [0, 0.05) is 6.04 Å². The molecular weight excluding hydrogens is 237 g/mol. The lowest BCUT2D eigenvalue weighted by atomic mass is 9.91. The molecule has 0 bridgehead atoms. The van der Waals surface area contributed by atoms with Crippen molar-refractivity contribution in [2.75, 3.05) is 6.54 Å². The fourth-order valence-corrected chi connectivity index (χ4v) is 3.27. The van der Waals surface area contributed by atoms with Gasteiger partial charge in [0.15, 0.2) is 0 Å². The Morgan fingerprint density at radius 3 is 2.84 bits per heavy atom. The normalized spacial score (nSPS) is 24.6. The average molecular weight is 263 g/mol. The molecule has 0 heterocycles. The fourth-order valence-electron chi connectivity index (χ4n) is 3.27. The van der Waals surface area contributed by atoms with E-state index in [-0.39, 0.29) is 5.82 Å². The van der Waals surface area contributed by atoms with E-state index < -0.39 is 0 Å². The summed E-state index contributed by atoms with van der Waals surface area (Å²) >= 11 is 0. The highest BCUT2D eigenvalue weighted by atomic mass is 19.1. The van der Waals surface area contributed by atoms with Crippen LogP contribution in [0.1, 0.15) is 45.1 Å². The predicted octanol–water partition coefficient (Wildman–Crippen LogP) is 4.17. The zero-order valence-electron chi connectivity index (χ0n) is 12.2. The lowest BCUT2D eigenvalue weighted by molar-refractivity contribution is 0.348. The van der Waals surface area contributed by atoms with Crippen LogP contribution in [0.25, 0.3) is 0 Å². The zero-order valence-corrected chi connectivity index (χ0v) is 12.2. The Kier molecular flexibility index (Phi) is 5.38. The molecule has 0 aromatic heterocycles. The third-order valence-corrected chi connectivity index (χ3v) is 4.31. The number of hydrogen-bond acceptors (Lipinski definition) is 1. The molecule has 19 heavy (non-hydrogen) atoms. The van der Waals surface area contributed by atoms with E-state index >= 15 is 0 Å². The van der Waals surface area contributed by atoms with Crippen LogP contribution < -0.4 is 5.32 Å². The summed E-state index contributed by atoms with van der Waals surface area (Å²) in [5.41, 5.74) is 1.12. The summed E-state index contributed by atoms with van der Waals surface area (Å²) in [6, 6.07) is 7.57. The highest BCUT2D eigenvalue weighted by molar-refractivity contribution is 5.17. The Morgan fingerprint density at radius 2 is 2.21 bits per heavy atom. The molecule has 0 aliphatic heterocycles. The predicted molar refractivity (Wildman–Crippen MR) is 78.7 cm³/mol. The minimum absolute atomic E-state index is 0.119. The minimum Gasteiger partial charge on any atom is -0.313 e. The van der Waals surface area contributed by atoms with Gasteiger partial charge in [-0.05, 0) is 61.8 Å². The maximum Gasteiger partial charge on any atom is 0.123 e. The topological polar surface area (TPSA) is 12.0 Å². The molecule has 1 saturated carbocycles. The Labute approximate surface area is 116 Å². The molecule has 1 nitrogen and oxygen atoms in total. The maximum absolute atomic E-state index is 13.3. The van der Waals surface area contributed by atoms with Crippen molar-refractivity contribution in [3.05, 3.63) is 35.6 Å². The van der Waals surface area contributed by atoms with Gasteiger partial charge in [0.05, 0.1) is 0 Å². The average Bonchev–Trinajstić information content (AvgIpc) is 2.81. The van der Waals surface area contributed by atoms with Crippen molar-refractivity contribution in [3.8, 4) is 0 Å². The van der Waals surface area contributed by atoms with Crippen molar-refractivity contribution in [1.29, 1.82) is 0 Å². The Hall–Kier alpha value is -0.890. The van der Waals surface area contributed by atoms with Gasteiger partial charge in [-0.1, -0.05) is 32.4 Å². The standard InChI is InChI=1S/C17H26FN/c1-3-9-19-17(15-8-7-13(2)10-15)12-14-5-4-6-16(18)11-14/h4-6,11,13,15,17,19H,3,7-10,12H2,1-2H3. The van der Waals surface area contributed by atoms with Crippen LogP contribution in [-0.4, -0.2) is 12.6 Å². The van der Waals surface area contributed by atoms with Crippen molar-refractivity contribution >= 4 is 0 Å². The van der Waals surface area contributed by atoms with Crippen LogP contribution in [0, 0.1) is 17.7 Å². The molecule has 1 aromatic rings. The van der Waals surface area contributed by atoms with Gasteiger partial charge in [0.1, 0.15) is 5.82 Å². The van der Waals surface area contributed by atoms with Gasteiger partial charge in [-0.2, -0.15) is 0 Å². The van der Waals surface area contributed by atoms with Crippen molar-refractivity contribution in [1.82, 2.24) is 5.32 Å². The molecule has 2 heteroatoms. The third kappa shape index (κ3) is 4.31. The number of nitrogens with one attached hydrogen (secondary N) is 1. The molecule has 0 spiro atoms. The van der Waals surface area contributed by atoms with Crippen LogP contribution in [0.4, 0.5) is 4.39 Å². The van der Waals surface area contributed by atoms with Crippen molar-refractivity contribution in [2.45, 2.75) is 52.0 Å². The van der Waals surface area contributed by atoms with Crippen LogP contribution in [0.15, 0.2) is 24.3 Å². The van der Waals surface area contributed by atoms with Gasteiger partial charge in [0.2, 0.25) is 0 Å². The van der Waals surface area contributed by atoms with Gasteiger partial charge >= 0.3 is 0 Å². The first-order chi connectivity index (χ1) is 9.19. The number of rotatable bonds is 6. The summed E-state index contributed by atoms with van der Waals surface area (Å²) in [7, 11) is 0. The lowest BCUT2D eigenvalue weighted by Gasteiger charge is -2.25. The van der Waals surface area contributed by atoms with E-state index in [1.54, 1.807) is 6.07 Å². The molecule has 106 valence electrons. The molecule has 1 aliphatic rings. The molecular formula is C17H26FN. The van der Waals surface area contributed by atoms with Crippen LogP contribution in [-0.2, 0) is 6.42 Å². The Bertz CT molecular complexity index is 391. The Balaban J connectivity index is 2.00. The van der Waals surface area contributed by atoms with Crippen molar-refractivity contribution in [2.24, 2.45) is 11.8 Å². The van der Waals surface area contributed by atoms with Crippen LogP contribution in [0.2, 0.25) is 0 Å². The van der Waals surface area contributed by atoms with E-state index in [1.165, 1.54) is 25.3 Å². The largest absolute Gasteiger partial charge is 0.313 e. The molecule has 2 rings (SSSR count). The van der Waals surface area contributed by atoms with Gasteiger partial charge in [0.25, 0.3) is 0 Å². The van der Waals surface area contributed by atoms with E-state index in [4.69, 9.17) is 0 Å². The zero-order chi connectivity index (χ0) is 13.7. The summed E-state index contributed by atoms with van der Waals surface area (Å²) in [5.74, 6) is 1.49. The summed E-state index contributed by atoms with van der Waals surface area (Å²) in [4.78, 5) is 0. The molecule has 0 radical (unpaired) electrons.